The summed E-state index contributed by atoms with van der Waals surface area (Å²) < 4.78 is 10.5. The zero-order valence-electron chi connectivity index (χ0n) is 9.77. The van der Waals surface area contributed by atoms with Crippen LogP contribution < -0.4 is 9.47 Å². The lowest BCUT2D eigenvalue weighted by Gasteiger charge is -2.10. The zero-order valence-corrected chi connectivity index (χ0v) is 9.77. The Bertz CT molecular complexity index is 552. The first-order valence-electron chi connectivity index (χ1n) is 5.23. The van der Waals surface area contributed by atoms with Crippen molar-refractivity contribution in [3.8, 4) is 11.5 Å². The van der Waals surface area contributed by atoms with Gasteiger partial charge in [-0.25, -0.2) is 0 Å². The van der Waals surface area contributed by atoms with Crippen LogP contribution in [-0.2, 0) is 11.2 Å². The maximum Gasteiger partial charge on any atom is 0.161 e. The minimum absolute atomic E-state index is 0.298. The van der Waals surface area contributed by atoms with Crippen LogP contribution in [-0.4, -0.2) is 25.5 Å². The number of carbonyl (C=O) groups excluding carboxylic acids is 1. The molecule has 0 aliphatic carbocycles. The van der Waals surface area contributed by atoms with E-state index in [-0.39, 0.29) is 0 Å². The molecular formula is C13H13NO3. The second-order valence-corrected chi connectivity index (χ2v) is 3.56. The smallest absolute Gasteiger partial charge is 0.161 e. The fourth-order valence-electron chi connectivity index (χ4n) is 1.80. The Kier molecular flexibility index (Phi) is 3.23. The zero-order chi connectivity index (χ0) is 12.3. The first-order chi connectivity index (χ1) is 8.30. The molecule has 2 aromatic rings. The summed E-state index contributed by atoms with van der Waals surface area (Å²) in [4.78, 5) is 14.8. The van der Waals surface area contributed by atoms with Gasteiger partial charge in [0.25, 0.3) is 0 Å². The van der Waals surface area contributed by atoms with E-state index in [2.05, 4.69) is 4.98 Å². The molecule has 4 heteroatoms. The maximum absolute atomic E-state index is 10.6. The van der Waals surface area contributed by atoms with Crippen LogP contribution in [0.2, 0.25) is 0 Å². The Balaban J connectivity index is 2.68. The van der Waals surface area contributed by atoms with Gasteiger partial charge in [-0.05, 0) is 23.6 Å². The van der Waals surface area contributed by atoms with Crippen molar-refractivity contribution in [1.29, 1.82) is 0 Å². The van der Waals surface area contributed by atoms with E-state index in [4.69, 9.17) is 9.47 Å². The highest BCUT2D eigenvalue weighted by molar-refractivity contribution is 5.89. The number of rotatable bonds is 4. The number of fused-ring (bicyclic) bond motifs is 1. The van der Waals surface area contributed by atoms with Crippen LogP contribution in [0.15, 0.2) is 24.4 Å². The lowest BCUT2D eigenvalue weighted by Crippen LogP contribution is -1.95. The molecule has 0 saturated carbocycles. The predicted octanol–water partition coefficient (Wildman–Crippen LogP) is 1.99. The second kappa shape index (κ2) is 4.82. The van der Waals surface area contributed by atoms with Crippen molar-refractivity contribution in [3.63, 3.8) is 0 Å². The van der Waals surface area contributed by atoms with E-state index < -0.39 is 0 Å². The number of pyridine rings is 1. The molecule has 0 bridgehead atoms. The summed E-state index contributed by atoms with van der Waals surface area (Å²) >= 11 is 0. The average Bonchev–Trinajstić information content (AvgIpc) is 2.38. The van der Waals surface area contributed by atoms with Crippen LogP contribution in [0.5, 0.6) is 11.5 Å². The van der Waals surface area contributed by atoms with Crippen LogP contribution >= 0.6 is 0 Å². The predicted molar refractivity (Wildman–Crippen MR) is 64.6 cm³/mol. The quantitative estimate of drug-likeness (QED) is 0.755. The van der Waals surface area contributed by atoms with Gasteiger partial charge in [0.2, 0.25) is 0 Å². The normalized spacial score (nSPS) is 10.2. The molecule has 0 N–H and O–H groups in total. The fourth-order valence-corrected chi connectivity index (χ4v) is 1.80. The van der Waals surface area contributed by atoms with Gasteiger partial charge < -0.3 is 14.3 Å². The molecule has 0 unspecified atom stereocenters. The molecule has 17 heavy (non-hydrogen) atoms. The van der Waals surface area contributed by atoms with Crippen molar-refractivity contribution in [2.45, 2.75) is 6.42 Å². The number of aldehydes is 1. The van der Waals surface area contributed by atoms with Gasteiger partial charge in [-0.15, -0.1) is 0 Å². The summed E-state index contributed by atoms with van der Waals surface area (Å²) in [6.07, 6.45) is 2.83. The molecule has 2 rings (SSSR count). The molecule has 0 spiro atoms. The number of nitrogens with zero attached hydrogens (tertiary/aromatic N) is 1. The second-order valence-electron chi connectivity index (χ2n) is 3.56. The van der Waals surface area contributed by atoms with E-state index >= 15 is 0 Å². The van der Waals surface area contributed by atoms with Crippen molar-refractivity contribution in [2.75, 3.05) is 14.2 Å². The summed E-state index contributed by atoms with van der Waals surface area (Å²) in [5.74, 6) is 1.31. The van der Waals surface area contributed by atoms with Crippen LogP contribution in [0.1, 0.15) is 5.69 Å². The molecule has 4 nitrogen and oxygen atoms in total. The van der Waals surface area contributed by atoms with E-state index in [1.165, 1.54) is 0 Å². The minimum atomic E-state index is 0.298. The van der Waals surface area contributed by atoms with E-state index in [9.17, 15) is 4.79 Å². The summed E-state index contributed by atoms with van der Waals surface area (Å²) in [5.41, 5.74) is 0.749. The summed E-state index contributed by atoms with van der Waals surface area (Å²) in [5, 5.41) is 1.90. The van der Waals surface area contributed by atoms with E-state index in [1.54, 1.807) is 20.4 Å². The number of ether oxygens (including phenoxy) is 2. The van der Waals surface area contributed by atoms with E-state index in [0.29, 0.717) is 17.9 Å². The van der Waals surface area contributed by atoms with Gasteiger partial charge in [0.05, 0.1) is 19.9 Å². The molecule has 88 valence electrons. The molecule has 1 heterocycles. The van der Waals surface area contributed by atoms with Gasteiger partial charge in [-0.1, -0.05) is 0 Å². The third-order valence-electron chi connectivity index (χ3n) is 2.63. The van der Waals surface area contributed by atoms with Crippen molar-refractivity contribution in [1.82, 2.24) is 4.98 Å². The number of methoxy groups -OCH3 is 2. The molecule has 1 aromatic carbocycles. The van der Waals surface area contributed by atoms with Crippen LogP contribution in [0, 0.1) is 0 Å². The summed E-state index contributed by atoms with van der Waals surface area (Å²) in [6.45, 7) is 0. The maximum atomic E-state index is 10.6. The average molecular weight is 231 g/mol. The number of carbonyl (C=O) groups is 1. The van der Waals surface area contributed by atoms with Crippen molar-refractivity contribution >= 4 is 17.1 Å². The Morgan fingerprint density at radius 3 is 2.59 bits per heavy atom. The van der Waals surface area contributed by atoms with Crippen molar-refractivity contribution < 1.29 is 14.3 Å². The first-order valence-corrected chi connectivity index (χ1v) is 5.23. The fraction of sp³-hybridized carbons (Fsp3) is 0.231. The molecule has 0 amide bonds. The molecule has 0 radical (unpaired) electrons. The van der Waals surface area contributed by atoms with Gasteiger partial charge in [-0.3, -0.25) is 4.98 Å². The van der Waals surface area contributed by atoms with Crippen molar-refractivity contribution in [3.05, 3.63) is 30.1 Å². The van der Waals surface area contributed by atoms with Gasteiger partial charge in [0.1, 0.15) is 6.29 Å². The lowest BCUT2D eigenvalue weighted by atomic mass is 10.1. The van der Waals surface area contributed by atoms with Gasteiger partial charge >= 0.3 is 0 Å². The first kappa shape index (κ1) is 11.4. The standard InChI is InChI=1S/C13H13NO3/c1-16-12-7-9-3-5-14-11(4-6-15)10(9)8-13(12)17-2/h3,5-8H,4H2,1-2H3. The largest absolute Gasteiger partial charge is 0.493 e. The van der Waals surface area contributed by atoms with Crippen molar-refractivity contribution in [2.24, 2.45) is 0 Å². The highest BCUT2D eigenvalue weighted by Gasteiger charge is 2.09. The topological polar surface area (TPSA) is 48.4 Å². The van der Waals surface area contributed by atoms with Gasteiger partial charge in [0, 0.05) is 18.0 Å². The lowest BCUT2D eigenvalue weighted by molar-refractivity contribution is -0.107. The molecule has 0 atom stereocenters. The molecule has 0 aliphatic heterocycles. The van der Waals surface area contributed by atoms with E-state index in [0.717, 1.165) is 22.8 Å². The van der Waals surface area contributed by atoms with Crippen LogP contribution in [0.4, 0.5) is 0 Å². The Morgan fingerprint density at radius 1 is 1.24 bits per heavy atom. The van der Waals surface area contributed by atoms with Gasteiger partial charge in [0.15, 0.2) is 11.5 Å². The Morgan fingerprint density at radius 2 is 1.94 bits per heavy atom. The van der Waals surface area contributed by atoms with Crippen LogP contribution in [0.25, 0.3) is 10.8 Å². The number of aromatic nitrogens is 1. The molecular weight excluding hydrogens is 218 g/mol. The third-order valence-corrected chi connectivity index (χ3v) is 2.63. The molecule has 1 aromatic heterocycles. The highest BCUT2D eigenvalue weighted by Crippen LogP contribution is 2.32. The third kappa shape index (κ3) is 2.06. The SMILES string of the molecule is COc1cc2ccnc(CC=O)c2cc1OC. The molecule has 0 fully saturated rings. The van der Waals surface area contributed by atoms with Gasteiger partial charge in [-0.2, -0.15) is 0 Å². The Labute approximate surface area is 99.2 Å². The minimum Gasteiger partial charge on any atom is -0.493 e. The number of benzene rings is 1. The molecule has 0 aliphatic rings. The number of hydrogen-bond acceptors (Lipinski definition) is 4. The number of hydrogen-bond donors (Lipinski definition) is 0. The van der Waals surface area contributed by atoms with Crippen LogP contribution in [0.3, 0.4) is 0 Å². The molecule has 0 saturated heterocycles. The summed E-state index contributed by atoms with van der Waals surface area (Å²) in [6, 6.07) is 5.61. The highest BCUT2D eigenvalue weighted by atomic mass is 16.5. The monoisotopic (exact) mass is 231 g/mol. The Hall–Kier alpha value is -2.10. The summed E-state index contributed by atoms with van der Waals surface area (Å²) in [7, 11) is 3.18. The van der Waals surface area contributed by atoms with E-state index in [1.807, 2.05) is 18.2 Å².